The number of hydrogen-bond acceptors (Lipinski definition) is 4. The Balaban J connectivity index is 2.44. The minimum atomic E-state index is 0.172. The second-order valence-corrected chi connectivity index (χ2v) is 6.91. The molecule has 4 nitrogen and oxygen atoms in total. The van der Waals surface area contributed by atoms with E-state index in [2.05, 4.69) is 49.7 Å². The van der Waals surface area contributed by atoms with Crippen LogP contribution in [0.15, 0.2) is 0 Å². The molecule has 0 amide bonds. The van der Waals surface area contributed by atoms with Crippen LogP contribution in [0.2, 0.25) is 0 Å². The molecule has 0 bridgehead atoms. The van der Waals surface area contributed by atoms with Crippen LogP contribution in [0, 0.1) is 0 Å². The lowest BCUT2D eigenvalue weighted by atomic mass is 10.1. The van der Waals surface area contributed by atoms with Gasteiger partial charge in [0.15, 0.2) is 0 Å². The van der Waals surface area contributed by atoms with Crippen molar-refractivity contribution in [2.75, 3.05) is 46.4 Å². The van der Waals surface area contributed by atoms with Gasteiger partial charge in [0.25, 0.3) is 0 Å². The highest BCUT2D eigenvalue weighted by Gasteiger charge is 2.25. The molecule has 1 aliphatic heterocycles. The summed E-state index contributed by atoms with van der Waals surface area (Å²) in [6.07, 6.45) is 0. The predicted octanol–water partition coefficient (Wildman–Crippen LogP) is 1.42. The number of rotatable bonds is 6. The maximum atomic E-state index is 5.40. The van der Waals surface area contributed by atoms with Gasteiger partial charge in [-0.15, -0.1) is 0 Å². The minimum Gasteiger partial charge on any atom is -0.383 e. The van der Waals surface area contributed by atoms with E-state index in [0.717, 1.165) is 26.2 Å². The molecule has 0 radical (unpaired) electrons. The standard InChI is InChI=1S/C15H33N3O/c1-13(2)17-7-9-18(10-8-17)14(12-19-6)11-16-15(3,4)5/h13-14,16H,7-12H2,1-6H3. The zero-order valence-electron chi connectivity index (χ0n) is 13.7. The minimum absolute atomic E-state index is 0.172. The van der Waals surface area contributed by atoms with E-state index in [1.807, 2.05) is 0 Å². The largest absolute Gasteiger partial charge is 0.383 e. The molecule has 0 aromatic carbocycles. The first-order valence-corrected chi connectivity index (χ1v) is 7.55. The number of nitrogens with one attached hydrogen (secondary N) is 1. The third-order valence-electron chi connectivity index (χ3n) is 3.82. The van der Waals surface area contributed by atoms with Crippen molar-refractivity contribution in [3.8, 4) is 0 Å². The molecule has 0 aliphatic carbocycles. The average Bonchev–Trinajstić information content (AvgIpc) is 2.33. The summed E-state index contributed by atoms with van der Waals surface area (Å²) in [5.41, 5.74) is 0.172. The molecule has 0 saturated carbocycles. The average molecular weight is 271 g/mol. The number of hydrogen-bond donors (Lipinski definition) is 1. The SMILES string of the molecule is COCC(CNC(C)(C)C)N1CCN(C(C)C)CC1. The second-order valence-electron chi connectivity index (χ2n) is 6.91. The Bertz CT molecular complexity index is 242. The van der Waals surface area contributed by atoms with Crippen LogP contribution in [0.1, 0.15) is 34.6 Å². The van der Waals surface area contributed by atoms with Gasteiger partial charge < -0.3 is 10.1 Å². The van der Waals surface area contributed by atoms with Gasteiger partial charge in [-0.1, -0.05) is 0 Å². The zero-order valence-corrected chi connectivity index (χ0v) is 13.7. The van der Waals surface area contributed by atoms with Crippen molar-refractivity contribution in [2.24, 2.45) is 0 Å². The maximum Gasteiger partial charge on any atom is 0.0630 e. The van der Waals surface area contributed by atoms with Crippen LogP contribution in [0.4, 0.5) is 0 Å². The van der Waals surface area contributed by atoms with Crippen LogP contribution in [0.25, 0.3) is 0 Å². The quantitative estimate of drug-likeness (QED) is 0.791. The molecule has 1 unspecified atom stereocenters. The fraction of sp³-hybridized carbons (Fsp3) is 1.00. The van der Waals surface area contributed by atoms with Crippen LogP contribution in [0.5, 0.6) is 0 Å². The first kappa shape index (κ1) is 16.9. The molecule has 19 heavy (non-hydrogen) atoms. The monoisotopic (exact) mass is 271 g/mol. The van der Waals surface area contributed by atoms with E-state index in [1.165, 1.54) is 13.1 Å². The molecule has 1 rings (SSSR count). The van der Waals surface area contributed by atoms with Crippen LogP contribution in [-0.2, 0) is 4.74 Å². The number of piperazine rings is 1. The van der Waals surface area contributed by atoms with Crippen molar-refractivity contribution >= 4 is 0 Å². The molecular weight excluding hydrogens is 238 g/mol. The first-order valence-electron chi connectivity index (χ1n) is 7.55. The predicted molar refractivity (Wildman–Crippen MR) is 81.7 cm³/mol. The smallest absolute Gasteiger partial charge is 0.0630 e. The van der Waals surface area contributed by atoms with Gasteiger partial charge >= 0.3 is 0 Å². The Morgan fingerprint density at radius 3 is 2.00 bits per heavy atom. The Morgan fingerprint density at radius 2 is 1.58 bits per heavy atom. The molecule has 1 saturated heterocycles. The van der Waals surface area contributed by atoms with Crippen molar-refractivity contribution in [3.05, 3.63) is 0 Å². The Morgan fingerprint density at radius 1 is 1.05 bits per heavy atom. The summed E-state index contributed by atoms with van der Waals surface area (Å²) in [4.78, 5) is 5.12. The molecule has 4 heteroatoms. The lowest BCUT2D eigenvalue weighted by Gasteiger charge is -2.41. The maximum absolute atomic E-state index is 5.40. The lowest BCUT2D eigenvalue weighted by molar-refractivity contribution is 0.0382. The van der Waals surface area contributed by atoms with Crippen molar-refractivity contribution in [1.29, 1.82) is 0 Å². The van der Waals surface area contributed by atoms with Crippen LogP contribution in [-0.4, -0.2) is 73.9 Å². The van der Waals surface area contributed by atoms with E-state index in [9.17, 15) is 0 Å². The van der Waals surface area contributed by atoms with Gasteiger partial charge in [-0.25, -0.2) is 0 Å². The molecule has 1 atom stereocenters. The Labute approximate surface area is 119 Å². The van der Waals surface area contributed by atoms with Crippen molar-refractivity contribution in [3.63, 3.8) is 0 Å². The summed E-state index contributed by atoms with van der Waals surface area (Å²) >= 11 is 0. The normalized spacial score (nSPS) is 21.0. The summed E-state index contributed by atoms with van der Waals surface area (Å²) in [5.74, 6) is 0. The van der Waals surface area contributed by atoms with Crippen LogP contribution >= 0.6 is 0 Å². The lowest BCUT2D eigenvalue weighted by Crippen LogP contribution is -2.56. The van der Waals surface area contributed by atoms with Gasteiger partial charge in [0, 0.05) is 57.5 Å². The van der Waals surface area contributed by atoms with Gasteiger partial charge in [0.1, 0.15) is 0 Å². The van der Waals surface area contributed by atoms with Gasteiger partial charge in [-0.3, -0.25) is 9.80 Å². The van der Waals surface area contributed by atoms with Crippen LogP contribution < -0.4 is 5.32 Å². The molecule has 1 N–H and O–H groups in total. The summed E-state index contributed by atoms with van der Waals surface area (Å²) in [6.45, 7) is 17.7. The first-order chi connectivity index (χ1) is 8.83. The van der Waals surface area contributed by atoms with E-state index in [0.29, 0.717) is 12.1 Å². The van der Waals surface area contributed by atoms with Crippen molar-refractivity contribution in [1.82, 2.24) is 15.1 Å². The Hall–Kier alpha value is -0.160. The van der Waals surface area contributed by atoms with E-state index in [1.54, 1.807) is 7.11 Å². The molecule has 0 spiro atoms. The third kappa shape index (κ3) is 6.21. The van der Waals surface area contributed by atoms with E-state index >= 15 is 0 Å². The summed E-state index contributed by atoms with van der Waals surface area (Å²) < 4.78 is 5.40. The van der Waals surface area contributed by atoms with Crippen molar-refractivity contribution in [2.45, 2.75) is 52.2 Å². The zero-order chi connectivity index (χ0) is 14.5. The molecular formula is C15H33N3O. The number of methoxy groups -OCH3 is 1. The summed E-state index contributed by atoms with van der Waals surface area (Å²) in [5, 5.41) is 3.60. The molecule has 114 valence electrons. The number of nitrogens with zero attached hydrogens (tertiary/aromatic N) is 2. The fourth-order valence-electron chi connectivity index (χ4n) is 2.53. The van der Waals surface area contributed by atoms with Gasteiger partial charge in [-0.2, -0.15) is 0 Å². The third-order valence-corrected chi connectivity index (χ3v) is 3.82. The van der Waals surface area contributed by atoms with Gasteiger partial charge in [0.2, 0.25) is 0 Å². The highest BCUT2D eigenvalue weighted by atomic mass is 16.5. The highest BCUT2D eigenvalue weighted by molar-refractivity contribution is 4.83. The molecule has 1 fully saturated rings. The topological polar surface area (TPSA) is 27.7 Å². The van der Waals surface area contributed by atoms with Gasteiger partial charge in [0.05, 0.1) is 6.61 Å². The molecule has 1 aliphatic rings. The van der Waals surface area contributed by atoms with E-state index in [-0.39, 0.29) is 5.54 Å². The second kappa shape index (κ2) is 7.58. The van der Waals surface area contributed by atoms with Crippen molar-refractivity contribution < 1.29 is 4.74 Å². The molecule has 0 aromatic rings. The van der Waals surface area contributed by atoms with E-state index < -0.39 is 0 Å². The summed E-state index contributed by atoms with van der Waals surface area (Å²) in [6, 6.07) is 1.15. The van der Waals surface area contributed by atoms with E-state index in [4.69, 9.17) is 4.74 Å². The number of ether oxygens (including phenoxy) is 1. The van der Waals surface area contributed by atoms with Gasteiger partial charge in [-0.05, 0) is 34.6 Å². The highest BCUT2D eigenvalue weighted by Crippen LogP contribution is 2.10. The Kier molecular flexibility index (Phi) is 6.74. The fourth-order valence-corrected chi connectivity index (χ4v) is 2.53. The summed E-state index contributed by atoms with van der Waals surface area (Å²) in [7, 11) is 1.80. The molecule has 0 aromatic heterocycles. The van der Waals surface area contributed by atoms with Crippen LogP contribution in [0.3, 0.4) is 0 Å². The molecule has 1 heterocycles.